The van der Waals surface area contributed by atoms with E-state index >= 15 is 0 Å². The van der Waals surface area contributed by atoms with Gasteiger partial charge < -0.3 is 10.5 Å². The maximum absolute atomic E-state index is 12.0. The number of ether oxygens (including phenoxy) is 1. The van der Waals surface area contributed by atoms with E-state index in [2.05, 4.69) is 4.74 Å². The highest BCUT2D eigenvalue weighted by atomic mass is 19.4. The van der Waals surface area contributed by atoms with Gasteiger partial charge in [0.15, 0.2) is 0 Å². The number of alkyl halides is 3. The van der Waals surface area contributed by atoms with Gasteiger partial charge in [0.05, 0.1) is 0 Å². The van der Waals surface area contributed by atoms with E-state index in [1.54, 1.807) is 13.8 Å². The van der Waals surface area contributed by atoms with Crippen molar-refractivity contribution in [2.75, 3.05) is 0 Å². The summed E-state index contributed by atoms with van der Waals surface area (Å²) in [6.07, 6.45) is -4.55. The molecule has 1 aromatic rings. The number of hydrogen-bond donors (Lipinski definition) is 1. The number of rotatable bonds is 4. The third-order valence-electron chi connectivity index (χ3n) is 2.51. The summed E-state index contributed by atoms with van der Waals surface area (Å²) < 4.78 is 39.9. The summed E-state index contributed by atoms with van der Waals surface area (Å²) in [5.74, 6) is -0.852. The smallest absolute Gasteiger partial charge is 0.406 e. The summed E-state index contributed by atoms with van der Waals surface area (Å²) in [7, 11) is 0. The second-order valence-corrected chi connectivity index (χ2v) is 4.14. The second-order valence-electron chi connectivity index (χ2n) is 4.14. The standard InChI is InChI=1S/C12H14F3NO2/c1-7-5-9(18-12(13,14)15)3-4-10(7)8(2)6-11(16)17/h3-5,8H,6H2,1-2H3,(H2,16,17)/t8-/m1/s1. The number of primary amides is 1. The van der Waals surface area contributed by atoms with Crippen LogP contribution in [0.25, 0.3) is 0 Å². The Morgan fingerprint density at radius 1 is 1.44 bits per heavy atom. The van der Waals surface area contributed by atoms with E-state index < -0.39 is 12.3 Å². The fraction of sp³-hybridized carbons (Fsp3) is 0.417. The molecule has 0 fully saturated rings. The summed E-state index contributed by atoms with van der Waals surface area (Å²) in [6, 6.07) is 4.04. The lowest BCUT2D eigenvalue weighted by Crippen LogP contribution is -2.17. The van der Waals surface area contributed by atoms with E-state index in [1.165, 1.54) is 18.2 Å². The van der Waals surface area contributed by atoms with Gasteiger partial charge in [-0.3, -0.25) is 4.79 Å². The number of carbonyl (C=O) groups excluding carboxylic acids is 1. The monoisotopic (exact) mass is 261 g/mol. The van der Waals surface area contributed by atoms with Gasteiger partial charge >= 0.3 is 6.36 Å². The molecule has 6 heteroatoms. The first kappa shape index (κ1) is 14.3. The lowest BCUT2D eigenvalue weighted by Gasteiger charge is -2.15. The van der Waals surface area contributed by atoms with Crippen LogP contribution < -0.4 is 10.5 Å². The Balaban J connectivity index is 2.89. The summed E-state index contributed by atoms with van der Waals surface area (Å²) in [5.41, 5.74) is 6.49. The summed E-state index contributed by atoms with van der Waals surface area (Å²) in [4.78, 5) is 10.8. The Morgan fingerprint density at radius 3 is 2.50 bits per heavy atom. The molecule has 2 N–H and O–H groups in total. The van der Waals surface area contributed by atoms with Gasteiger partial charge in [0.2, 0.25) is 5.91 Å². The fourth-order valence-corrected chi connectivity index (χ4v) is 1.81. The molecule has 0 saturated heterocycles. The van der Waals surface area contributed by atoms with Crippen molar-refractivity contribution < 1.29 is 22.7 Å². The summed E-state index contributed by atoms with van der Waals surface area (Å²) in [6.45, 7) is 3.45. The van der Waals surface area contributed by atoms with Crippen LogP contribution in [-0.4, -0.2) is 12.3 Å². The topological polar surface area (TPSA) is 52.3 Å². The van der Waals surface area contributed by atoms with E-state index in [4.69, 9.17) is 5.73 Å². The Bertz CT molecular complexity index is 443. The van der Waals surface area contributed by atoms with Crippen LogP contribution in [0.4, 0.5) is 13.2 Å². The van der Waals surface area contributed by atoms with Crippen LogP contribution in [-0.2, 0) is 4.79 Å². The largest absolute Gasteiger partial charge is 0.573 e. The van der Waals surface area contributed by atoms with Gasteiger partial charge in [-0.05, 0) is 36.1 Å². The highest BCUT2D eigenvalue weighted by Crippen LogP contribution is 2.28. The van der Waals surface area contributed by atoms with Crippen LogP contribution in [0.3, 0.4) is 0 Å². The molecule has 1 aromatic carbocycles. The van der Waals surface area contributed by atoms with Gasteiger partial charge in [-0.2, -0.15) is 0 Å². The highest BCUT2D eigenvalue weighted by Gasteiger charge is 2.31. The van der Waals surface area contributed by atoms with Crippen molar-refractivity contribution in [2.45, 2.75) is 32.5 Å². The van der Waals surface area contributed by atoms with E-state index in [0.29, 0.717) is 5.56 Å². The lowest BCUT2D eigenvalue weighted by atomic mass is 9.93. The normalized spacial score (nSPS) is 13.2. The van der Waals surface area contributed by atoms with E-state index in [1.807, 2.05) is 0 Å². The molecule has 0 saturated carbocycles. The molecule has 0 spiro atoms. The first-order chi connectivity index (χ1) is 8.19. The number of carbonyl (C=O) groups is 1. The van der Waals surface area contributed by atoms with Gasteiger partial charge in [-0.25, -0.2) is 0 Å². The Hall–Kier alpha value is -1.72. The van der Waals surface area contributed by atoms with E-state index in [9.17, 15) is 18.0 Å². The predicted molar refractivity (Wildman–Crippen MR) is 60.1 cm³/mol. The van der Waals surface area contributed by atoms with Crippen molar-refractivity contribution in [1.29, 1.82) is 0 Å². The number of aryl methyl sites for hydroxylation is 1. The Morgan fingerprint density at radius 2 is 2.06 bits per heavy atom. The molecule has 0 bridgehead atoms. The molecule has 0 radical (unpaired) electrons. The molecule has 1 amide bonds. The van der Waals surface area contributed by atoms with E-state index in [-0.39, 0.29) is 18.1 Å². The molecule has 1 atom stereocenters. The van der Waals surface area contributed by atoms with Crippen molar-refractivity contribution in [2.24, 2.45) is 5.73 Å². The van der Waals surface area contributed by atoms with Crippen molar-refractivity contribution >= 4 is 5.91 Å². The van der Waals surface area contributed by atoms with Gasteiger partial charge in [-0.1, -0.05) is 13.0 Å². The van der Waals surface area contributed by atoms with Crippen LogP contribution in [0, 0.1) is 6.92 Å². The predicted octanol–water partition coefficient (Wildman–Crippen LogP) is 2.87. The van der Waals surface area contributed by atoms with Crippen molar-refractivity contribution in [3.63, 3.8) is 0 Å². The van der Waals surface area contributed by atoms with Gasteiger partial charge in [0.1, 0.15) is 5.75 Å². The lowest BCUT2D eigenvalue weighted by molar-refractivity contribution is -0.274. The Kier molecular flexibility index (Phi) is 4.21. The second kappa shape index (κ2) is 5.29. The maximum Gasteiger partial charge on any atom is 0.573 e. The maximum atomic E-state index is 12.0. The summed E-state index contributed by atoms with van der Waals surface area (Å²) in [5, 5.41) is 0. The number of halogens is 3. The molecule has 18 heavy (non-hydrogen) atoms. The molecule has 100 valence electrons. The van der Waals surface area contributed by atoms with Gasteiger partial charge in [0, 0.05) is 6.42 Å². The third kappa shape index (κ3) is 4.27. The molecule has 0 aliphatic carbocycles. The molecule has 0 heterocycles. The van der Waals surface area contributed by atoms with Crippen LogP contribution in [0.15, 0.2) is 18.2 Å². The van der Waals surface area contributed by atoms with Crippen molar-refractivity contribution in [1.82, 2.24) is 0 Å². The first-order valence-corrected chi connectivity index (χ1v) is 5.33. The van der Waals surface area contributed by atoms with Gasteiger partial charge in [-0.15, -0.1) is 13.2 Å². The minimum atomic E-state index is -4.70. The van der Waals surface area contributed by atoms with Crippen molar-refractivity contribution in [3.8, 4) is 5.75 Å². The third-order valence-corrected chi connectivity index (χ3v) is 2.51. The zero-order valence-corrected chi connectivity index (χ0v) is 10.0. The molecule has 0 aliphatic rings. The SMILES string of the molecule is Cc1cc(OC(F)(F)F)ccc1[C@H](C)CC(N)=O. The minimum Gasteiger partial charge on any atom is -0.406 e. The quantitative estimate of drug-likeness (QED) is 0.906. The fourth-order valence-electron chi connectivity index (χ4n) is 1.81. The zero-order valence-electron chi connectivity index (χ0n) is 10.0. The van der Waals surface area contributed by atoms with E-state index in [0.717, 1.165) is 5.56 Å². The molecule has 3 nitrogen and oxygen atoms in total. The highest BCUT2D eigenvalue weighted by molar-refractivity contribution is 5.74. The molecular weight excluding hydrogens is 247 g/mol. The summed E-state index contributed by atoms with van der Waals surface area (Å²) >= 11 is 0. The average molecular weight is 261 g/mol. The van der Waals surface area contributed by atoms with Crippen LogP contribution >= 0.6 is 0 Å². The number of amides is 1. The average Bonchev–Trinajstić information content (AvgIpc) is 2.13. The molecule has 0 unspecified atom stereocenters. The van der Waals surface area contributed by atoms with Gasteiger partial charge in [0.25, 0.3) is 0 Å². The molecule has 1 rings (SSSR count). The molecule has 0 aromatic heterocycles. The minimum absolute atomic E-state index is 0.137. The zero-order chi connectivity index (χ0) is 13.9. The number of hydrogen-bond acceptors (Lipinski definition) is 2. The van der Waals surface area contributed by atoms with Crippen LogP contribution in [0.1, 0.15) is 30.4 Å². The molecular formula is C12H14F3NO2. The number of nitrogens with two attached hydrogens (primary N) is 1. The van der Waals surface area contributed by atoms with Crippen LogP contribution in [0.5, 0.6) is 5.75 Å². The van der Waals surface area contributed by atoms with Crippen LogP contribution in [0.2, 0.25) is 0 Å². The Labute approximate surface area is 103 Å². The molecule has 0 aliphatic heterocycles. The first-order valence-electron chi connectivity index (χ1n) is 5.33. The number of benzene rings is 1. The van der Waals surface area contributed by atoms with Crippen molar-refractivity contribution in [3.05, 3.63) is 29.3 Å².